The van der Waals surface area contributed by atoms with Gasteiger partial charge < -0.3 is 15.4 Å². The van der Waals surface area contributed by atoms with Crippen molar-refractivity contribution in [1.82, 2.24) is 5.32 Å². The second kappa shape index (κ2) is 12.2. The molecule has 0 radical (unpaired) electrons. The van der Waals surface area contributed by atoms with Crippen LogP contribution < -0.4 is 15.4 Å². The number of carbonyl (C=O) groups excluding carboxylic acids is 2. The molecule has 0 aliphatic rings. The first-order chi connectivity index (χ1) is 14.0. The minimum atomic E-state index is -0.0113. The minimum Gasteiger partial charge on any atom is -0.492 e. The van der Waals surface area contributed by atoms with Crippen LogP contribution in [-0.4, -0.2) is 36.5 Å². The van der Waals surface area contributed by atoms with Crippen LogP contribution in [0.5, 0.6) is 5.75 Å². The number of para-hydroxylation sites is 1. The summed E-state index contributed by atoms with van der Waals surface area (Å²) < 4.78 is 5.61. The Labute approximate surface area is 177 Å². The molecule has 0 heterocycles. The monoisotopic (exact) mass is 414 g/mol. The summed E-state index contributed by atoms with van der Waals surface area (Å²) in [5, 5.41) is 5.84. The first kappa shape index (κ1) is 22.8. The Morgan fingerprint density at radius 3 is 2.45 bits per heavy atom. The van der Waals surface area contributed by atoms with Gasteiger partial charge in [0, 0.05) is 12.1 Å². The van der Waals surface area contributed by atoms with Crippen LogP contribution in [0.4, 0.5) is 5.69 Å². The zero-order valence-electron chi connectivity index (χ0n) is 17.4. The van der Waals surface area contributed by atoms with E-state index >= 15 is 0 Å². The fourth-order valence-corrected chi connectivity index (χ4v) is 3.61. The number of anilines is 1. The second-order valence-corrected chi connectivity index (χ2v) is 8.09. The molecule has 5 nitrogen and oxygen atoms in total. The first-order valence-corrected chi connectivity index (χ1v) is 11.0. The van der Waals surface area contributed by atoms with Crippen molar-refractivity contribution in [3.63, 3.8) is 0 Å². The maximum absolute atomic E-state index is 12.1. The average molecular weight is 415 g/mol. The summed E-state index contributed by atoms with van der Waals surface area (Å²) in [7, 11) is 0. The molecule has 2 rings (SSSR count). The van der Waals surface area contributed by atoms with Crippen LogP contribution in [0.3, 0.4) is 0 Å². The standard InChI is InChI=1S/C23H30N2O3S/c1-17-7-4-10-20(15-17)28-13-12-24-22(27)16-29-14-6-11-21(26)25-23-18(2)8-5-9-19(23)3/h4-5,7-10,15H,6,11-14,16H2,1-3H3,(H,24,27)(H,25,26). The molecular formula is C23H30N2O3S. The third-order valence-electron chi connectivity index (χ3n) is 4.35. The molecule has 0 saturated carbocycles. The van der Waals surface area contributed by atoms with Gasteiger partial charge in [0.2, 0.25) is 11.8 Å². The van der Waals surface area contributed by atoms with Gasteiger partial charge in [0.1, 0.15) is 12.4 Å². The molecule has 2 N–H and O–H groups in total. The number of hydrogen-bond acceptors (Lipinski definition) is 4. The summed E-state index contributed by atoms with van der Waals surface area (Å²) in [6.45, 7) is 6.91. The van der Waals surface area contributed by atoms with Gasteiger partial charge in [-0.25, -0.2) is 0 Å². The van der Waals surface area contributed by atoms with Crippen molar-refractivity contribution in [3.05, 3.63) is 59.2 Å². The van der Waals surface area contributed by atoms with E-state index in [2.05, 4.69) is 10.6 Å². The highest BCUT2D eigenvalue weighted by molar-refractivity contribution is 7.99. The van der Waals surface area contributed by atoms with Crippen LogP contribution in [0.15, 0.2) is 42.5 Å². The predicted octanol–water partition coefficient (Wildman–Crippen LogP) is 4.26. The molecule has 2 amide bonds. The predicted molar refractivity (Wildman–Crippen MR) is 121 cm³/mol. The second-order valence-electron chi connectivity index (χ2n) is 6.99. The summed E-state index contributed by atoms with van der Waals surface area (Å²) in [5.41, 5.74) is 4.18. The van der Waals surface area contributed by atoms with E-state index in [-0.39, 0.29) is 11.8 Å². The summed E-state index contributed by atoms with van der Waals surface area (Å²) in [5.74, 6) is 1.98. The van der Waals surface area contributed by atoms with Gasteiger partial charge in [-0.3, -0.25) is 9.59 Å². The van der Waals surface area contributed by atoms with E-state index in [1.54, 1.807) is 0 Å². The van der Waals surface area contributed by atoms with Crippen molar-refractivity contribution in [2.24, 2.45) is 0 Å². The number of carbonyl (C=O) groups is 2. The Balaban J connectivity index is 1.52. The maximum Gasteiger partial charge on any atom is 0.230 e. The number of ether oxygens (including phenoxy) is 1. The molecule has 0 bridgehead atoms. The smallest absolute Gasteiger partial charge is 0.230 e. The molecule has 0 atom stereocenters. The molecule has 29 heavy (non-hydrogen) atoms. The summed E-state index contributed by atoms with van der Waals surface area (Å²) >= 11 is 1.54. The lowest BCUT2D eigenvalue weighted by Gasteiger charge is -2.11. The highest BCUT2D eigenvalue weighted by atomic mass is 32.2. The largest absolute Gasteiger partial charge is 0.492 e. The van der Waals surface area contributed by atoms with E-state index in [0.29, 0.717) is 25.3 Å². The Morgan fingerprint density at radius 2 is 1.72 bits per heavy atom. The molecule has 156 valence electrons. The van der Waals surface area contributed by atoms with E-state index in [1.807, 2.05) is 63.2 Å². The number of hydrogen-bond donors (Lipinski definition) is 2. The summed E-state index contributed by atoms with van der Waals surface area (Å²) in [6.07, 6.45) is 1.19. The number of rotatable bonds is 11. The van der Waals surface area contributed by atoms with Crippen LogP contribution in [0.25, 0.3) is 0 Å². The van der Waals surface area contributed by atoms with Crippen LogP contribution in [0.1, 0.15) is 29.5 Å². The molecule has 0 saturated heterocycles. The van der Waals surface area contributed by atoms with Crippen molar-refractivity contribution in [3.8, 4) is 5.75 Å². The Bertz CT molecular complexity index is 803. The molecule has 0 unspecified atom stereocenters. The van der Waals surface area contributed by atoms with Crippen LogP contribution >= 0.6 is 11.8 Å². The van der Waals surface area contributed by atoms with Crippen molar-refractivity contribution in [1.29, 1.82) is 0 Å². The van der Waals surface area contributed by atoms with E-state index in [0.717, 1.165) is 40.3 Å². The van der Waals surface area contributed by atoms with Gasteiger partial charge >= 0.3 is 0 Å². The van der Waals surface area contributed by atoms with Gasteiger partial charge in [-0.1, -0.05) is 30.3 Å². The quantitative estimate of drug-likeness (QED) is 0.539. The topological polar surface area (TPSA) is 67.4 Å². The van der Waals surface area contributed by atoms with Gasteiger partial charge in [-0.05, 0) is 61.8 Å². The third-order valence-corrected chi connectivity index (χ3v) is 5.40. The number of aryl methyl sites for hydroxylation is 3. The first-order valence-electron chi connectivity index (χ1n) is 9.85. The van der Waals surface area contributed by atoms with E-state index < -0.39 is 0 Å². The fourth-order valence-electron chi connectivity index (χ4n) is 2.83. The molecule has 2 aromatic rings. The van der Waals surface area contributed by atoms with Crippen molar-refractivity contribution in [2.75, 3.05) is 30.0 Å². The molecule has 0 aromatic heterocycles. The van der Waals surface area contributed by atoms with Crippen LogP contribution in [0.2, 0.25) is 0 Å². The van der Waals surface area contributed by atoms with Crippen molar-refractivity contribution in [2.45, 2.75) is 33.6 Å². The Morgan fingerprint density at radius 1 is 1.00 bits per heavy atom. The lowest BCUT2D eigenvalue weighted by atomic mass is 10.1. The van der Waals surface area contributed by atoms with Gasteiger partial charge in [-0.2, -0.15) is 11.8 Å². The van der Waals surface area contributed by atoms with Crippen LogP contribution in [-0.2, 0) is 9.59 Å². The third kappa shape index (κ3) is 8.60. The molecule has 0 aliphatic heterocycles. The summed E-state index contributed by atoms with van der Waals surface area (Å²) in [4.78, 5) is 24.0. The van der Waals surface area contributed by atoms with Crippen molar-refractivity contribution < 1.29 is 14.3 Å². The maximum atomic E-state index is 12.1. The fraction of sp³-hybridized carbons (Fsp3) is 0.391. The van der Waals surface area contributed by atoms with Gasteiger partial charge in [0.15, 0.2) is 0 Å². The normalized spacial score (nSPS) is 10.4. The highest BCUT2D eigenvalue weighted by Crippen LogP contribution is 2.19. The molecule has 0 aliphatic carbocycles. The minimum absolute atomic E-state index is 0.0113. The molecule has 6 heteroatoms. The Kier molecular flexibility index (Phi) is 9.57. The average Bonchev–Trinajstić information content (AvgIpc) is 2.68. The number of benzene rings is 2. The lowest BCUT2D eigenvalue weighted by molar-refractivity contribution is -0.118. The highest BCUT2D eigenvalue weighted by Gasteiger charge is 2.07. The van der Waals surface area contributed by atoms with Gasteiger partial charge in [0.05, 0.1) is 12.3 Å². The number of thioether (sulfide) groups is 1. The summed E-state index contributed by atoms with van der Waals surface area (Å²) in [6, 6.07) is 13.8. The molecule has 0 spiro atoms. The Hall–Kier alpha value is -2.47. The van der Waals surface area contributed by atoms with E-state index in [4.69, 9.17) is 4.74 Å². The molecule has 2 aromatic carbocycles. The van der Waals surface area contributed by atoms with E-state index in [1.165, 1.54) is 11.8 Å². The van der Waals surface area contributed by atoms with E-state index in [9.17, 15) is 9.59 Å². The number of amides is 2. The SMILES string of the molecule is Cc1cccc(OCCNC(=O)CSCCCC(=O)Nc2c(C)cccc2C)c1. The molecular weight excluding hydrogens is 384 g/mol. The zero-order valence-corrected chi connectivity index (χ0v) is 18.2. The van der Waals surface area contributed by atoms with Gasteiger partial charge in [0.25, 0.3) is 0 Å². The zero-order chi connectivity index (χ0) is 21.1. The number of nitrogens with one attached hydrogen (secondary N) is 2. The molecule has 0 fully saturated rings. The van der Waals surface area contributed by atoms with Crippen LogP contribution in [0, 0.1) is 20.8 Å². The van der Waals surface area contributed by atoms with Crippen molar-refractivity contribution >= 4 is 29.3 Å². The van der Waals surface area contributed by atoms with Gasteiger partial charge in [-0.15, -0.1) is 0 Å². The lowest BCUT2D eigenvalue weighted by Crippen LogP contribution is -2.29.